The van der Waals surface area contributed by atoms with Crippen LogP contribution in [-0.4, -0.2) is 29.8 Å². The highest BCUT2D eigenvalue weighted by molar-refractivity contribution is 5.97. The number of nitrogens with two attached hydrogens (primary N) is 1. The van der Waals surface area contributed by atoms with Crippen LogP contribution in [0.1, 0.15) is 0 Å². The zero-order chi connectivity index (χ0) is 16.9. The smallest absolute Gasteiger partial charge is 0.145 e. The number of anilines is 1. The summed E-state index contributed by atoms with van der Waals surface area (Å²) < 4.78 is 18.6. The molecular weight excluding hydrogens is 309 g/mol. The molecule has 0 radical (unpaired) electrons. The number of methoxy groups -OCH3 is 1. The minimum atomic E-state index is -0.279. The number of aromatic nitrogens is 2. The molecule has 0 spiro atoms. The molecule has 0 aliphatic heterocycles. The zero-order valence-corrected chi connectivity index (χ0v) is 13.0. The van der Waals surface area contributed by atoms with Crippen LogP contribution in [-0.2, 0) is 0 Å². The highest BCUT2D eigenvalue weighted by Crippen LogP contribution is 2.33. The maximum Gasteiger partial charge on any atom is 0.145 e. The van der Waals surface area contributed by atoms with Gasteiger partial charge in [0, 0.05) is 11.6 Å². The topological polar surface area (TPSA) is 85.4 Å². The van der Waals surface area contributed by atoms with E-state index in [1.807, 2.05) is 12.1 Å². The van der Waals surface area contributed by atoms with Gasteiger partial charge in [0.25, 0.3) is 0 Å². The minimum Gasteiger partial charge on any atom is -0.494 e. The predicted molar refractivity (Wildman–Crippen MR) is 92.7 cm³/mol. The molecule has 2 aromatic carbocycles. The van der Waals surface area contributed by atoms with Gasteiger partial charge in [-0.25, -0.2) is 14.4 Å². The first-order valence-corrected chi connectivity index (χ1v) is 7.27. The number of halogens is 1. The van der Waals surface area contributed by atoms with Crippen LogP contribution in [0, 0.1) is 5.82 Å². The van der Waals surface area contributed by atoms with Crippen LogP contribution < -0.4 is 15.9 Å². The molecule has 0 fully saturated rings. The van der Waals surface area contributed by atoms with E-state index in [-0.39, 0.29) is 5.82 Å². The third-order valence-electron chi connectivity index (χ3n) is 3.57. The number of nitrogens with zero attached hydrogens (tertiary/aromatic N) is 3. The summed E-state index contributed by atoms with van der Waals surface area (Å²) >= 11 is 0. The largest absolute Gasteiger partial charge is 0.494 e. The SMILES string of the molecule is COc1cc(-c2ccc(F)cc2)cc2c(NC/C=N/N)ncnc12. The van der Waals surface area contributed by atoms with Gasteiger partial charge in [0.05, 0.1) is 13.7 Å². The lowest BCUT2D eigenvalue weighted by atomic mass is 10.0. The Morgan fingerprint density at radius 1 is 1.21 bits per heavy atom. The maximum absolute atomic E-state index is 13.2. The number of hydrogen-bond acceptors (Lipinski definition) is 6. The second kappa shape index (κ2) is 6.91. The van der Waals surface area contributed by atoms with Crippen molar-refractivity contribution in [3.05, 3.63) is 48.5 Å². The van der Waals surface area contributed by atoms with Crippen molar-refractivity contribution < 1.29 is 9.13 Å². The lowest BCUT2D eigenvalue weighted by Crippen LogP contribution is -2.06. The summed E-state index contributed by atoms with van der Waals surface area (Å²) in [5, 5.41) is 7.37. The van der Waals surface area contributed by atoms with Crippen molar-refractivity contribution in [2.24, 2.45) is 10.9 Å². The summed E-state index contributed by atoms with van der Waals surface area (Å²) in [6.07, 6.45) is 3.00. The molecule has 24 heavy (non-hydrogen) atoms. The number of benzene rings is 2. The fourth-order valence-electron chi connectivity index (χ4n) is 2.44. The number of fused-ring (bicyclic) bond motifs is 1. The molecule has 1 heterocycles. The van der Waals surface area contributed by atoms with Crippen molar-refractivity contribution in [2.75, 3.05) is 19.0 Å². The molecule has 0 aliphatic rings. The number of hydrogen-bond donors (Lipinski definition) is 2. The van der Waals surface area contributed by atoms with Gasteiger partial charge in [-0.1, -0.05) is 12.1 Å². The van der Waals surface area contributed by atoms with E-state index >= 15 is 0 Å². The molecular formula is C17H16FN5O. The van der Waals surface area contributed by atoms with Crippen LogP contribution >= 0.6 is 0 Å². The first-order chi connectivity index (χ1) is 11.7. The van der Waals surface area contributed by atoms with E-state index in [4.69, 9.17) is 10.6 Å². The van der Waals surface area contributed by atoms with E-state index in [9.17, 15) is 4.39 Å². The van der Waals surface area contributed by atoms with Gasteiger partial charge in [0.15, 0.2) is 0 Å². The number of hydrazone groups is 1. The monoisotopic (exact) mass is 325 g/mol. The van der Waals surface area contributed by atoms with Gasteiger partial charge in [0.2, 0.25) is 0 Å². The molecule has 3 rings (SSSR count). The van der Waals surface area contributed by atoms with Gasteiger partial charge < -0.3 is 15.9 Å². The van der Waals surface area contributed by atoms with Crippen molar-refractivity contribution in [3.63, 3.8) is 0 Å². The Balaban J connectivity index is 2.14. The van der Waals surface area contributed by atoms with Gasteiger partial charge in [-0.15, -0.1) is 0 Å². The molecule has 1 aromatic heterocycles. The number of nitrogens with one attached hydrogen (secondary N) is 1. The Bertz CT molecular complexity index is 880. The van der Waals surface area contributed by atoms with Crippen LogP contribution in [0.3, 0.4) is 0 Å². The summed E-state index contributed by atoms with van der Waals surface area (Å²) in [6.45, 7) is 0.436. The van der Waals surface area contributed by atoms with E-state index in [0.717, 1.165) is 16.5 Å². The molecule has 0 atom stereocenters. The molecule has 7 heteroatoms. The zero-order valence-electron chi connectivity index (χ0n) is 13.0. The second-order valence-corrected chi connectivity index (χ2v) is 5.02. The summed E-state index contributed by atoms with van der Waals surface area (Å²) in [7, 11) is 1.58. The molecule has 6 nitrogen and oxygen atoms in total. The van der Waals surface area contributed by atoms with Gasteiger partial charge in [-0.3, -0.25) is 0 Å². The van der Waals surface area contributed by atoms with E-state index in [2.05, 4.69) is 20.4 Å². The van der Waals surface area contributed by atoms with Crippen LogP contribution in [0.2, 0.25) is 0 Å². The summed E-state index contributed by atoms with van der Waals surface area (Å²) in [5.41, 5.74) is 2.44. The third kappa shape index (κ3) is 3.10. The van der Waals surface area contributed by atoms with Crippen LogP contribution in [0.15, 0.2) is 47.8 Å². The Labute approximate surface area is 138 Å². The lowest BCUT2D eigenvalue weighted by Gasteiger charge is -2.12. The molecule has 0 saturated carbocycles. The summed E-state index contributed by atoms with van der Waals surface area (Å²) in [4.78, 5) is 8.56. The van der Waals surface area contributed by atoms with E-state index in [1.54, 1.807) is 19.2 Å². The van der Waals surface area contributed by atoms with Gasteiger partial charge in [-0.2, -0.15) is 5.10 Å². The Kier molecular flexibility index (Phi) is 4.51. The van der Waals surface area contributed by atoms with Crippen LogP contribution in [0.25, 0.3) is 22.0 Å². The molecule has 122 valence electrons. The number of ether oxygens (including phenoxy) is 1. The molecule has 0 bridgehead atoms. The second-order valence-electron chi connectivity index (χ2n) is 5.02. The molecule has 0 amide bonds. The molecule has 0 saturated heterocycles. The van der Waals surface area contributed by atoms with Crippen molar-refractivity contribution in [1.29, 1.82) is 0 Å². The first-order valence-electron chi connectivity index (χ1n) is 7.27. The minimum absolute atomic E-state index is 0.279. The molecule has 3 aromatic rings. The normalized spacial score (nSPS) is 11.1. The van der Waals surface area contributed by atoms with E-state index < -0.39 is 0 Å². The number of rotatable bonds is 5. The van der Waals surface area contributed by atoms with Crippen molar-refractivity contribution >= 4 is 22.9 Å². The fourth-order valence-corrected chi connectivity index (χ4v) is 2.44. The quantitative estimate of drug-likeness (QED) is 0.428. The summed E-state index contributed by atoms with van der Waals surface area (Å²) in [6, 6.07) is 10.1. The Morgan fingerprint density at radius 2 is 2.00 bits per heavy atom. The van der Waals surface area contributed by atoms with Gasteiger partial charge in [0.1, 0.15) is 29.2 Å². The Hall–Kier alpha value is -3.22. The highest BCUT2D eigenvalue weighted by Gasteiger charge is 2.11. The van der Waals surface area contributed by atoms with Crippen molar-refractivity contribution in [1.82, 2.24) is 9.97 Å². The van der Waals surface area contributed by atoms with Gasteiger partial charge >= 0.3 is 0 Å². The van der Waals surface area contributed by atoms with E-state index in [0.29, 0.717) is 23.6 Å². The predicted octanol–water partition coefficient (Wildman–Crippen LogP) is 2.80. The highest BCUT2D eigenvalue weighted by atomic mass is 19.1. The third-order valence-corrected chi connectivity index (χ3v) is 3.57. The standard InChI is InChI=1S/C17H16FN5O/c1-24-15-9-12(11-2-4-13(18)5-3-11)8-14-16(15)21-10-22-17(14)20-6-7-23-19/h2-5,7-10H,6,19H2,1H3,(H,20,21,22)/b23-7+. The van der Waals surface area contributed by atoms with Crippen molar-refractivity contribution in [3.8, 4) is 16.9 Å². The Morgan fingerprint density at radius 3 is 2.71 bits per heavy atom. The molecule has 3 N–H and O–H groups in total. The molecule has 0 unspecified atom stereocenters. The van der Waals surface area contributed by atoms with Crippen LogP contribution in [0.4, 0.5) is 10.2 Å². The van der Waals surface area contributed by atoms with E-state index in [1.165, 1.54) is 24.7 Å². The lowest BCUT2D eigenvalue weighted by molar-refractivity contribution is 0.419. The van der Waals surface area contributed by atoms with Crippen molar-refractivity contribution in [2.45, 2.75) is 0 Å². The summed E-state index contributed by atoms with van der Waals surface area (Å²) in [5.74, 6) is 6.09. The average Bonchev–Trinajstić information content (AvgIpc) is 2.62. The first kappa shape index (κ1) is 15.7. The van der Waals surface area contributed by atoms with Crippen LogP contribution in [0.5, 0.6) is 5.75 Å². The maximum atomic E-state index is 13.2. The fraction of sp³-hybridized carbons (Fsp3) is 0.118. The average molecular weight is 325 g/mol. The van der Waals surface area contributed by atoms with Gasteiger partial charge in [-0.05, 0) is 35.4 Å². The molecule has 0 aliphatic carbocycles.